The van der Waals surface area contributed by atoms with E-state index in [1.165, 1.54) is 4.57 Å². The molecule has 6 nitrogen and oxygen atoms in total. The van der Waals surface area contributed by atoms with Crippen LogP contribution < -0.4 is 5.14 Å². The monoisotopic (exact) mass is 258 g/mol. The molecule has 86 valence electrons. The Morgan fingerprint density at radius 2 is 2.25 bits per heavy atom. The van der Waals surface area contributed by atoms with Gasteiger partial charge in [0.2, 0.25) is 0 Å². The first kappa shape index (κ1) is 11.2. The molecule has 0 spiro atoms. The summed E-state index contributed by atoms with van der Waals surface area (Å²) in [6, 6.07) is 1.95. The molecule has 2 N–H and O–H groups in total. The molecule has 0 saturated heterocycles. The highest BCUT2D eigenvalue weighted by Crippen LogP contribution is 2.12. The van der Waals surface area contributed by atoms with Gasteiger partial charge in [0, 0.05) is 13.5 Å². The van der Waals surface area contributed by atoms with Gasteiger partial charge < -0.3 is 4.57 Å². The van der Waals surface area contributed by atoms with Crippen LogP contribution in [0.5, 0.6) is 0 Å². The van der Waals surface area contributed by atoms with Crippen molar-refractivity contribution in [1.82, 2.24) is 14.8 Å². The number of aromatic nitrogens is 3. The number of nitrogens with two attached hydrogens (primary N) is 1. The number of hydrogen-bond acceptors (Lipinski definition) is 5. The average molecular weight is 258 g/mol. The first-order chi connectivity index (χ1) is 7.48. The summed E-state index contributed by atoms with van der Waals surface area (Å²) >= 11 is 1.58. The molecule has 16 heavy (non-hydrogen) atoms. The normalized spacial score (nSPS) is 11.9. The fourth-order valence-electron chi connectivity index (χ4n) is 1.32. The Hall–Kier alpha value is -1.25. The third-order valence-corrected chi connectivity index (χ3v) is 3.72. The van der Waals surface area contributed by atoms with E-state index < -0.39 is 10.0 Å². The Labute approximate surface area is 96.8 Å². The van der Waals surface area contributed by atoms with Crippen LogP contribution in [0.1, 0.15) is 11.4 Å². The predicted octanol–water partition coefficient (Wildman–Crippen LogP) is 0.115. The molecule has 0 radical (unpaired) electrons. The van der Waals surface area contributed by atoms with Crippen LogP contribution in [-0.4, -0.2) is 23.2 Å². The molecular formula is C8H10N4O2S2. The molecule has 8 heteroatoms. The van der Waals surface area contributed by atoms with Crippen molar-refractivity contribution in [1.29, 1.82) is 0 Å². The molecule has 0 amide bonds. The highest BCUT2D eigenvalue weighted by atomic mass is 32.2. The van der Waals surface area contributed by atoms with E-state index in [-0.39, 0.29) is 5.16 Å². The smallest absolute Gasteiger partial charge is 0.273 e. The number of sulfonamides is 1. The van der Waals surface area contributed by atoms with Crippen LogP contribution in [0, 0.1) is 0 Å². The highest BCUT2D eigenvalue weighted by molar-refractivity contribution is 7.89. The fourth-order valence-corrected chi connectivity index (χ4v) is 2.63. The average Bonchev–Trinajstić information content (AvgIpc) is 2.76. The van der Waals surface area contributed by atoms with Crippen molar-refractivity contribution >= 4 is 21.4 Å². The van der Waals surface area contributed by atoms with E-state index >= 15 is 0 Å². The van der Waals surface area contributed by atoms with Gasteiger partial charge in [0.1, 0.15) is 5.82 Å². The van der Waals surface area contributed by atoms with Crippen molar-refractivity contribution in [2.75, 3.05) is 0 Å². The van der Waals surface area contributed by atoms with Gasteiger partial charge in [-0.2, -0.15) is 11.3 Å². The van der Waals surface area contributed by atoms with Crippen molar-refractivity contribution in [2.45, 2.75) is 11.6 Å². The number of rotatable bonds is 3. The molecule has 0 unspecified atom stereocenters. The Morgan fingerprint density at radius 3 is 2.75 bits per heavy atom. The number of nitrogens with zero attached hydrogens (tertiary/aromatic N) is 3. The van der Waals surface area contributed by atoms with Crippen molar-refractivity contribution in [3.63, 3.8) is 0 Å². The van der Waals surface area contributed by atoms with Crippen LogP contribution in [0.2, 0.25) is 0 Å². The van der Waals surface area contributed by atoms with Gasteiger partial charge in [0.15, 0.2) is 0 Å². The van der Waals surface area contributed by atoms with Gasteiger partial charge >= 0.3 is 0 Å². The third kappa shape index (κ3) is 2.13. The maximum atomic E-state index is 11.1. The minimum absolute atomic E-state index is 0.210. The van der Waals surface area contributed by atoms with Crippen LogP contribution in [-0.2, 0) is 23.5 Å². The second kappa shape index (κ2) is 3.96. The van der Waals surface area contributed by atoms with Crippen LogP contribution in [0.25, 0.3) is 0 Å². The maximum Gasteiger partial charge on any atom is 0.273 e. The first-order valence-electron chi connectivity index (χ1n) is 4.40. The summed E-state index contributed by atoms with van der Waals surface area (Å²) < 4.78 is 23.6. The number of primary sulfonamides is 1. The van der Waals surface area contributed by atoms with Crippen LogP contribution in [0.15, 0.2) is 22.0 Å². The molecule has 0 bridgehead atoms. The fraction of sp³-hybridized carbons (Fsp3) is 0.250. The molecule has 0 aliphatic heterocycles. The summed E-state index contributed by atoms with van der Waals surface area (Å²) in [6.45, 7) is 0. The largest absolute Gasteiger partial charge is 0.304 e. The van der Waals surface area contributed by atoms with E-state index in [9.17, 15) is 8.42 Å². The lowest BCUT2D eigenvalue weighted by Gasteiger charge is -2.00. The van der Waals surface area contributed by atoms with Gasteiger partial charge in [-0.25, -0.2) is 13.6 Å². The molecule has 0 saturated carbocycles. The lowest BCUT2D eigenvalue weighted by Crippen LogP contribution is -2.17. The quantitative estimate of drug-likeness (QED) is 0.846. The van der Waals surface area contributed by atoms with Gasteiger partial charge in [-0.3, -0.25) is 0 Å². The van der Waals surface area contributed by atoms with Crippen molar-refractivity contribution in [3.05, 3.63) is 28.2 Å². The molecule has 0 atom stereocenters. The van der Waals surface area contributed by atoms with Gasteiger partial charge in [0.05, 0.1) is 0 Å². The van der Waals surface area contributed by atoms with E-state index in [0.29, 0.717) is 12.2 Å². The number of thiophene rings is 1. The summed E-state index contributed by atoms with van der Waals surface area (Å²) in [7, 11) is -2.21. The van der Waals surface area contributed by atoms with Crippen LogP contribution in [0.4, 0.5) is 0 Å². The zero-order valence-electron chi connectivity index (χ0n) is 8.49. The van der Waals surface area contributed by atoms with Crippen LogP contribution >= 0.6 is 11.3 Å². The van der Waals surface area contributed by atoms with Gasteiger partial charge in [-0.1, -0.05) is 0 Å². The second-order valence-corrected chi connectivity index (χ2v) is 5.55. The van der Waals surface area contributed by atoms with Gasteiger partial charge in [0.25, 0.3) is 15.2 Å². The van der Waals surface area contributed by atoms with Crippen LogP contribution in [0.3, 0.4) is 0 Å². The summed E-state index contributed by atoms with van der Waals surface area (Å²) in [5, 5.41) is 16.1. The third-order valence-electron chi connectivity index (χ3n) is 2.12. The lowest BCUT2D eigenvalue weighted by molar-refractivity contribution is 0.578. The minimum atomic E-state index is -3.80. The van der Waals surface area contributed by atoms with E-state index in [4.69, 9.17) is 5.14 Å². The molecule has 2 heterocycles. The van der Waals surface area contributed by atoms with E-state index in [0.717, 1.165) is 5.56 Å². The summed E-state index contributed by atoms with van der Waals surface area (Å²) in [6.07, 6.45) is 0.544. The summed E-state index contributed by atoms with van der Waals surface area (Å²) in [4.78, 5) is 0. The molecule has 0 aromatic carbocycles. The van der Waals surface area contributed by atoms with Crippen molar-refractivity contribution in [3.8, 4) is 0 Å². The summed E-state index contributed by atoms with van der Waals surface area (Å²) in [5.41, 5.74) is 1.07. The minimum Gasteiger partial charge on any atom is -0.304 e. The molecule has 0 aliphatic rings. The molecular weight excluding hydrogens is 248 g/mol. The van der Waals surface area contributed by atoms with Crippen molar-refractivity contribution in [2.24, 2.45) is 12.2 Å². The first-order valence-corrected chi connectivity index (χ1v) is 6.89. The van der Waals surface area contributed by atoms with E-state index in [2.05, 4.69) is 10.2 Å². The lowest BCUT2D eigenvalue weighted by atomic mass is 10.2. The summed E-state index contributed by atoms with van der Waals surface area (Å²) in [5.74, 6) is 0.572. The maximum absolute atomic E-state index is 11.1. The van der Waals surface area contributed by atoms with Gasteiger partial charge in [-0.05, 0) is 22.4 Å². The predicted molar refractivity (Wildman–Crippen MR) is 59.5 cm³/mol. The Bertz CT molecular complexity index is 586. The zero-order valence-corrected chi connectivity index (χ0v) is 10.1. The SMILES string of the molecule is Cn1c(Cc2ccsc2)nnc1S(N)(=O)=O. The molecule has 0 aliphatic carbocycles. The molecule has 2 aromatic heterocycles. The van der Waals surface area contributed by atoms with Gasteiger partial charge in [-0.15, -0.1) is 10.2 Å². The Kier molecular flexibility index (Phi) is 2.78. The van der Waals surface area contributed by atoms with E-state index in [1.807, 2.05) is 16.8 Å². The molecule has 2 aromatic rings. The Balaban J connectivity index is 2.35. The topological polar surface area (TPSA) is 90.9 Å². The van der Waals surface area contributed by atoms with Crippen molar-refractivity contribution < 1.29 is 8.42 Å². The standard InChI is InChI=1S/C8H10N4O2S2/c1-12-7(4-6-2-3-15-5-6)10-11-8(12)16(9,13)14/h2-3,5H,4H2,1H3,(H2,9,13,14). The second-order valence-electron chi connectivity index (χ2n) is 3.31. The molecule has 0 fully saturated rings. The number of hydrogen-bond donors (Lipinski definition) is 1. The van der Waals surface area contributed by atoms with E-state index in [1.54, 1.807) is 18.4 Å². The molecule has 2 rings (SSSR count). The zero-order chi connectivity index (χ0) is 11.8. The Morgan fingerprint density at radius 1 is 1.50 bits per heavy atom. The highest BCUT2D eigenvalue weighted by Gasteiger charge is 2.18.